The van der Waals surface area contributed by atoms with Crippen molar-refractivity contribution in [2.24, 2.45) is 5.92 Å². The van der Waals surface area contributed by atoms with Gasteiger partial charge in [-0.2, -0.15) is 0 Å². The predicted molar refractivity (Wildman–Crippen MR) is 68.9 cm³/mol. The van der Waals surface area contributed by atoms with E-state index in [1.165, 1.54) is 0 Å². The molecule has 18 heavy (non-hydrogen) atoms. The number of benzene rings is 1. The predicted octanol–water partition coefficient (Wildman–Crippen LogP) is 1.64. The summed E-state index contributed by atoms with van der Waals surface area (Å²) >= 11 is 0. The molecule has 4 heteroatoms. The van der Waals surface area contributed by atoms with E-state index < -0.39 is 5.97 Å². The first-order valence-electron chi connectivity index (χ1n) is 6.21. The van der Waals surface area contributed by atoms with E-state index in [2.05, 4.69) is 11.9 Å². The van der Waals surface area contributed by atoms with Crippen LogP contribution in [0.3, 0.4) is 0 Å². The van der Waals surface area contributed by atoms with E-state index in [4.69, 9.17) is 9.84 Å². The SMILES string of the molecule is CC(Cc1ccc(OC2CN(C)C2)cc1)C(=O)O. The number of carbonyl (C=O) groups is 1. The molecule has 1 saturated heterocycles. The molecule has 1 fully saturated rings. The maximum Gasteiger partial charge on any atom is 0.306 e. The second-order valence-electron chi connectivity index (χ2n) is 5.05. The molecule has 0 spiro atoms. The van der Waals surface area contributed by atoms with Crippen LogP contribution >= 0.6 is 0 Å². The zero-order chi connectivity index (χ0) is 13.1. The van der Waals surface area contributed by atoms with Crippen LogP contribution < -0.4 is 4.74 Å². The Morgan fingerprint density at radius 2 is 2.06 bits per heavy atom. The molecule has 1 aliphatic heterocycles. The van der Waals surface area contributed by atoms with E-state index in [0.29, 0.717) is 12.5 Å². The van der Waals surface area contributed by atoms with Crippen molar-refractivity contribution in [1.29, 1.82) is 0 Å². The Kier molecular flexibility index (Phi) is 3.87. The summed E-state index contributed by atoms with van der Waals surface area (Å²) in [5.41, 5.74) is 1.03. The zero-order valence-corrected chi connectivity index (χ0v) is 10.8. The molecular weight excluding hydrogens is 230 g/mol. The maximum atomic E-state index is 10.8. The summed E-state index contributed by atoms with van der Waals surface area (Å²) in [7, 11) is 2.07. The summed E-state index contributed by atoms with van der Waals surface area (Å²) in [6.45, 7) is 3.66. The molecule has 1 aliphatic rings. The number of nitrogens with zero attached hydrogens (tertiary/aromatic N) is 1. The monoisotopic (exact) mass is 249 g/mol. The normalized spacial score (nSPS) is 18.1. The standard InChI is InChI=1S/C14H19NO3/c1-10(14(16)17)7-11-3-5-12(6-4-11)18-13-8-15(2)9-13/h3-6,10,13H,7-9H2,1-2H3,(H,16,17). The number of hydrogen-bond acceptors (Lipinski definition) is 3. The highest BCUT2D eigenvalue weighted by Crippen LogP contribution is 2.19. The number of carboxylic acids is 1. The first-order valence-corrected chi connectivity index (χ1v) is 6.21. The minimum absolute atomic E-state index is 0.291. The lowest BCUT2D eigenvalue weighted by molar-refractivity contribution is -0.141. The van der Waals surface area contributed by atoms with Gasteiger partial charge in [-0.3, -0.25) is 9.69 Å². The Morgan fingerprint density at radius 3 is 2.56 bits per heavy atom. The van der Waals surface area contributed by atoms with Crippen molar-refractivity contribution in [1.82, 2.24) is 4.90 Å². The van der Waals surface area contributed by atoms with Crippen LogP contribution in [-0.2, 0) is 11.2 Å². The summed E-state index contributed by atoms with van der Waals surface area (Å²) < 4.78 is 5.77. The molecule has 1 heterocycles. The highest BCUT2D eigenvalue weighted by Gasteiger charge is 2.24. The van der Waals surface area contributed by atoms with Crippen molar-refractivity contribution >= 4 is 5.97 Å². The Hall–Kier alpha value is -1.55. The van der Waals surface area contributed by atoms with Crippen LogP contribution in [-0.4, -0.2) is 42.2 Å². The van der Waals surface area contributed by atoms with Gasteiger partial charge in [-0.25, -0.2) is 0 Å². The van der Waals surface area contributed by atoms with Crippen LogP contribution in [0, 0.1) is 5.92 Å². The fourth-order valence-corrected chi connectivity index (χ4v) is 2.05. The first-order chi connectivity index (χ1) is 8.54. The molecule has 0 saturated carbocycles. The van der Waals surface area contributed by atoms with E-state index in [1.807, 2.05) is 24.3 Å². The smallest absolute Gasteiger partial charge is 0.306 e. The quantitative estimate of drug-likeness (QED) is 0.862. The van der Waals surface area contributed by atoms with E-state index in [9.17, 15) is 4.79 Å². The minimum Gasteiger partial charge on any atom is -0.488 e. The second kappa shape index (κ2) is 5.40. The third-order valence-corrected chi connectivity index (χ3v) is 3.22. The van der Waals surface area contributed by atoms with Gasteiger partial charge in [0.25, 0.3) is 0 Å². The van der Waals surface area contributed by atoms with E-state index in [1.54, 1.807) is 6.92 Å². The summed E-state index contributed by atoms with van der Waals surface area (Å²) in [5, 5.41) is 8.85. The third-order valence-electron chi connectivity index (χ3n) is 3.22. The number of likely N-dealkylation sites (tertiary alicyclic amines) is 1. The lowest BCUT2D eigenvalue weighted by Crippen LogP contribution is -2.51. The molecule has 0 radical (unpaired) electrons. The van der Waals surface area contributed by atoms with Crippen molar-refractivity contribution in [3.63, 3.8) is 0 Å². The lowest BCUT2D eigenvalue weighted by atomic mass is 10.0. The Balaban J connectivity index is 1.87. The van der Waals surface area contributed by atoms with Crippen LogP contribution in [0.4, 0.5) is 0 Å². The van der Waals surface area contributed by atoms with Crippen molar-refractivity contribution in [2.45, 2.75) is 19.4 Å². The third kappa shape index (κ3) is 3.23. The van der Waals surface area contributed by atoms with E-state index >= 15 is 0 Å². The van der Waals surface area contributed by atoms with Gasteiger partial charge in [-0.1, -0.05) is 19.1 Å². The van der Waals surface area contributed by atoms with Gasteiger partial charge in [0.2, 0.25) is 0 Å². The molecule has 1 aromatic rings. The Bertz CT molecular complexity index is 410. The van der Waals surface area contributed by atoms with Gasteiger partial charge >= 0.3 is 5.97 Å². The molecule has 1 N–H and O–H groups in total. The molecule has 1 atom stereocenters. The number of ether oxygens (including phenoxy) is 1. The lowest BCUT2D eigenvalue weighted by Gasteiger charge is -2.36. The topological polar surface area (TPSA) is 49.8 Å². The van der Waals surface area contributed by atoms with Crippen molar-refractivity contribution in [2.75, 3.05) is 20.1 Å². The van der Waals surface area contributed by atoms with Gasteiger partial charge < -0.3 is 9.84 Å². The summed E-state index contributed by atoms with van der Waals surface area (Å²) in [4.78, 5) is 13.0. The molecule has 0 aromatic heterocycles. The Labute approximate surface area is 107 Å². The molecular formula is C14H19NO3. The van der Waals surface area contributed by atoms with Crippen molar-refractivity contribution < 1.29 is 14.6 Å². The molecule has 2 rings (SSSR count). The van der Waals surface area contributed by atoms with Gasteiger partial charge in [-0.05, 0) is 31.2 Å². The summed E-state index contributed by atoms with van der Waals surface area (Å²) in [6.07, 6.45) is 0.848. The number of hydrogen-bond donors (Lipinski definition) is 1. The molecule has 0 amide bonds. The van der Waals surface area contributed by atoms with E-state index in [-0.39, 0.29) is 5.92 Å². The van der Waals surface area contributed by atoms with Crippen LogP contribution in [0.2, 0.25) is 0 Å². The first kappa shape index (κ1) is 12.9. The Morgan fingerprint density at radius 1 is 1.44 bits per heavy atom. The number of likely N-dealkylation sites (N-methyl/N-ethyl adjacent to an activating group) is 1. The summed E-state index contributed by atoms with van der Waals surface area (Å²) in [5.74, 6) is -0.246. The van der Waals surface area contributed by atoms with Crippen molar-refractivity contribution in [3.05, 3.63) is 29.8 Å². The largest absolute Gasteiger partial charge is 0.488 e. The van der Waals surface area contributed by atoms with Gasteiger partial charge in [0, 0.05) is 13.1 Å². The summed E-state index contributed by atoms with van der Waals surface area (Å²) in [6, 6.07) is 7.72. The molecule has 1 aromatic carbocycles. The van der Waals surface area contributed by atoms with Gasteiger partial charge in [0.1, 0.15) is 11.9 Å². The van der Waals surface area contributed by atoms with Crippen molar-refractivity contribution in [3.8, 4) is 5.75 Å². The molecule has 98 valence electrons. The molecule has 0 bridgehead atoms. The fourth-order valence-electron chi connectivity index (χ4n) is 2.05. The van der Waals surface area contributed by atoms with Gasteiger partial charge in [0.05, 0.1) is 5.92 Å². The number of aliphatic carboxylic acids is 1. The molecule has 4 nitrogen and oxygen atoms in total. The second-order valence-corrected chi connectivity index (χ2v) is 5.05. The number of rotatable bonds is 5. The number of carboxylic acid groups (broad SMARTS) is 1. The maximum absolute atomic E-state index is 10.8. The molecule has 0 aliphatic carbocycles. The fraction of sp³-hybridized carbons (Fsp3) is 0.500. The highest BCUT2D eigenvalue weighted by molar-refractivity contribution is 5.69. The van der Waals surface area contributed by atoms with Gasteiger partial charge in [0.15, 0.2) is 0 Å². The van der Waals surface area contributed by atoms with Crippen LogP contribution in [0.25, 0.3) is 0 Å². The van der Waals surface area contributed by atoms with Gasteiger partial charge in [-0.15, -0.1) is 0 Å². The van der Waals surface area contributed by atoms with E-state index in [0.717, 1.165) is 24.4 Å². The minimum atomic E-state index is -0.757. The van der Waals surface area contributed by atoms with Crippen LogP contribution in [0.1, 0.15) is 12.5 Å². The van der Waals surface area contributed by atoms with Crippen LogP contribution in [0.5, 0.6) is 5.75 Å². The molecule has 1 unspecified atom stereocenters. The average Bonchev–Trinajstić information content (AvgIpc) is 2.29. The zero-order valence-electron chi connectivity index (χ0n) is 10.8. The highest BCUT2D eigenvalue weighted by atomic mass is 16.5. The average molecular weight is 249 g/mol. The van der Waals surface area contributed by atoms with Crippen LogP contribution in [0.15, 0.2) is 24.3 Å².